The summed E-state index contributed by atoms with van der Waals surface area (Å²) >= 11 is 0. The summed E-state index contributed by atoms with van der Waals surface area (Å²) in [7, 11) is 0. The zero-order chi connectivity index (χ0) is 14.9. The first-order valence-electron chi connectivity index (χ1n) is 5.44. The zero-order valence-electron chi connectivity index (χ0n) is 9.89. The highest BCUT2D eigenvalue weighted by atomic mass is 19.4. The zero-order valence-corrected chi connectivity index (χ0v) is 9.89. The molecule has 104 valence electrons. The summed E-state index contributed by atoms with van der Waals surface area (Å²) in [6, 6.07) is 7.90. The van der Waals surface area contributed by atoms with E-state index in [4.69, 9.17) is 0 Å². The Balaban J connectivity index is 2.37. The number of alkyl halides is 3. The van der Waals surface area contributed by atoms with Crippen LogP contribution in [0.2, 0.25) is 0 Å². The molecule has 4 nitrogen and oxygen atoms in total. The van der Waals surface area contributed by atoms with Crippen molar-refractivity contribution >= 4 is 5.69 Å². The first-order chi connectivity index (χ1) is 9.29. The molecule has 0 atom stereocenters. The van der Waals surface area contributed by atoms with Gasteiger partial charge in [-0.25, -0.2) is 0 Å². The van der Waals surface area contributed by atoms with Crippen molar-refractivity contribution < 1.29 is 23.2 Å². The summed E-state index contributed by atoms with van der Waals surface area (Å²) in [6.45, 7) is 0. The third kappa shape index (κ3) is 2.71. The number of phenols is 1. The summed E-state index contributed by atoms with van der Waals surface area (Å²) in [5.74, 6) is -0.535. The van der Waals surface area contributed by atoms with Crippen molar-refractivity contribution in [3.63, 3.8) is 0 Å². The number of hydrogen-bond acceptors (Lipinski definition) is 3. The normalized spacial score (nSPS) is 11.3. The highest BCUT2D eigenvalue weighted by Crippen LogP contribution is 2.33. The largest absolute Gasteiger partial charge is 0.502 e. The molecule has 0 bridgehead atoms. The number of benzene rings is 2. The van der Waals surface area contributed by atoms with Crippen LogP contribution < -0.4 is 0 Å². The molecule has 0 fully saturated rings. The minimum atomic E-state index is -4.42. The molecule has 1 N–H and O–H groups in total. The number of hydrogen-bond donors (Lipinski definition) is 1. The van der Waals surface area contributed by atoms with Gasteiger partial charge in [-0.1, -0.05) is 12.1 Å². The van der Waals surface area contributed by atoms with E-state index >= 15 is 0 Å². The number of phenolic OH excluding ortho intramolecular Hbond substituents is 1. The number of nitrogens with zero attached hydrogens (tertiary/aromatic N) is 1. The predicted molar refractivity (Wildman–Crippen MR) is 65.2 cm³/mol. The third-order valence-corrected chi connectivity index (χ3v) is 2.72. The summed E-state index contributed by atoms with van der Waals surface area (Å²) in [6.07, 6.45) is -4.42. The molecule has 0 aliphatic carbocycles. The lowest BCUT2D eigenvalue weighted by Crippen LogP contribution is -2.03. The van der Waals surface area contributed by atoms with E-state index in [1.54, 1.807) is 0 Å². The summed E-state index contributed by atoms with van der Waals surface area (Å²) in [5, 5.41) is 20.0. The van der Waals surface area contributed by atoms with Crippen LogP contribution in [0.1, 0.15) is 5.56 Å². The maximum absolute atomic E-state index is 12.4. The lowest BCUT2D eigenvalue weighted by atomic mass is 10.0. The van der Waals surface area contributed by atoms with Gasteiger partial charge in [0.05, 0.1) is 10.5 Å². The number of nitro groups is 1. The second-order valence-corrected chi connectivity index (χ2v) is 4.04. The fourth-order valence-corrected chi connectivity index (χ4v) is 1.71. The van der Waals surface area contributed by atoms with E-state index < -0.39 is 28.1 Å². The SMILES string of the molecule is O=[N+]([O-])c1ccc(-c2ccc(C(F)(F)F)cc2)cc1O. The molecule has 0 amide bonds. The lowest BCUT2D eigenvalue weighted by molar-refractivity contribution is -0.385. The van der Waals surface area contributed by atoms with Crippen molar-refractivity contribution in [2.24, 2.45) is 0 Å². The molecule has 0 aliphatic rings. The third-order valence-electron chi connectivity index (χ3n) is 2.72. The van der Waals surface area contributed by atoms with E-state index in [1.165, 1.54) is 18.2 Å². The van der Waals surface area contributed by atoms with Gasteiger partial charge < -0.3 is 5.11 Å². The second kappa shape index (κ2) is 4.84. The van der Waals surface area contributed by atoms with Crippen molar-refractivity contribution in [1.82, 2.24) is 0 Å². The highest BCUT2D eigenvalue weighted by Gasteiger charge is 2.30. The van der Waals surface area contributed by atoms with E-state index in [1.807, 2.05) is 0 Å². The number of rotatable bonds is 2. The molecule has 0 saturated heterocycles. The van der Waals surface area contributed by atoms with E-state index in [2.05, 4.69) is 0 Å². The van der Waals surface area contributed by atoms with Crippen LogP contribution in [0, 0.1) is 10.1 Å². The van der Waals surface area contributed by atoms with E-state index in [-0.39, 0.29) is 0 Å². The Bertz CT molecular complexity index is 651. The molecular formula is C13H8F3NO3. The first kappa shape index (κ1) is 13.9. The van der Waals surface area contributed by atoms with Crippen molar-refractivity contribution in [2.75, 3.05) is 0 Å². The van der Waals surface area contributed by atoms with Crippen LogP contribution in [0.3, 0.4) is 0 Å². The van der Waals surface area contributed by atoms with Gasteiger partial charge >= 0.3 is 11.9 Å². The van der Waals surface area contributed by atoms with Crippen LogP contribution in [-0.4, -0.2) is 10.0 Å². The fraction of sp³-hybridized carbons (Fsp3) is 0.0769. The highest BCUT2D eigenvalue weighted by molar-refractivity contribution is 5.68. The van der Waals surface area contributed by atoms with Crippen LogP contribution in [-0.2, 0) is 6.18 Å². The molecule has 2 aromatic carbocycles. The van der Waals surface area contributed by atoms with Gasteiger partial charge in [-0.2, -0.15) is 13.2 Å². The summed E-state index contributed by atoms with van der Waals surface area (Å²) < 4.78 is 37.2. The summed E-state index contributed by atoms with van der Waals surface area (Å²) in [4.78, 5) is 9.80. The maximum atomic E-state index is 12.4. The van der Waals surface area contributed by atoms with Crippen LogP contribution in [0.5, 0.6) is 5.75 Å². The molecule has 0 saturated carbocycles. The Morgan fingerprint density at radius 3 is 2.00 bits per heavy atom. The quantitative estimate of drug-likeness (QED) is 0.669. The smallest absolute Gasteiger partial charge is 0.416 e. The molecule has 7 heteroatoms. The molecule has 0 aliphatic heterocycles. The van der Waals surface area contributed by atoms with Gasteiger partial charge in [0.2, 0.25) is 0 Å². The fourth-order valence-electron chi connectivity index (χ4n) is 1.71. The van der Waals surface area contributed by atoms with E-state index in [9.17, 15) is 28.4 Å². The van der Waals surface area contributed by atoms with Crippen LogP contribution >= 0.6 is 0 Å². The Morgan fingerprint density at radius 1 is 1.00 bits per heavy atom. The van der Waals surface area contributed by atoms with Gasteiger partial charge in [0, 0.05) is 6.07 Å². The minimum Gasteiger partial charge on any atom is -0.502 e. The van der Waals surface area contributed by atoms with Gasteiger partial charge in [0.1, 0.15) is 0 Å². The summed E-state index contributed by atoms with van der Waals surface area (Å²) in [5.41, 5.74) is -0.432. The van der Waals surface area contributed by atoms with Crippen LogP contribution in [0.4, 0.5) is 18.9 Å². The molecule has 2 aromatic rings. The Hall–Kier alpha value is -2.57. The number of aromatic hydroxyl groups is 1. The van der Waals surface area contributed by atoms with Gasteiger partial charge in [-0.3, -0.25) is 10.1 Å². The molecule has 0 radical (unpaired) electrons. The molecule has 0 unspecified atom stereocenters. The second-order valence-electron chi connectivity index (χ2n) is 4.04. The van der Waals surface area contributed by atoms with Crippen LogP contribution in [0.15, 0.2) is 42.5 Å². The van der Waals surface area contributed by atoms with E-state index in [0.29, 0.717) is 11.1 Å². The maximum Gasteiger partial charge on any atom is 0.416 e. The molecular weight excluding hydrogens is 275 g/mol. The Labute approximate surface area is 111 Å². The average molecular weight is 283 g/mol. The molecule has 2 rings (SSSR count). The number of halogens is 3. The van der Waals surface area contributed by atoms with Gasteiger partial charge in [0.15, 0.2) is 5.75 Å². The molecule has 0 heterocycles. The Morgan fingerprint density at radius 2 is 1.55 bits per heavy atom. The predicted octanol–water partition coefficient (Wildman–Crippen LogP) is 3.99. The van der Waals surface area contributed by atoms with Crippen molar-refractivity contribution in [1.29, 1.82) is 0 Å². The molecule has 0 spiro atoms. The average Bonchev–Trinajstić information content (AvgIpc) is 2.37. The monoisotopic (exact) mass is 283 g/mol. The first-order valence-corrected chi connectivity index (χ1v) is 5.44. The lowest BCUT2D eigenvalue weighted by Gasteiger charge is -2.08. The standard InChI is InChI=1S/C13H8F3NO3/c14-13(15,16)10-4-1-8(2-5-10)9-3-6-11(17(19)20)12(18)7-9/h1-7,18H. The van der Waals surface area contributed by atoms with Crippen molar-refractivity contribution in [2.45, 2.75) is 6.18 Å². The molecule has 20 heavy (non-hydrogen) atoms. The van der Waals surface area contributed by atoms with Gasteiger partial charge in [-0.05, 0) is 35.4 Å². The Kier molecular flexibility index (Phi) is 3.35. The minimum absolute atomic E-state index is 0.391. The van der Waals surface area contributed by atoms with Gasteiger partial charge in [-0.15, -0.1) is 0 Å². The van der Waals surface area contributed by atoms with Crippen LogP contribution in [0.25, 0.3) is 11.1 Å². The number of nitro benzene ring substituents is 1. The van der Waals surface area contributed by atoms with Gasteiger partial charge in [0.25, 0.3) is 0 Å². The van der Waals surface area contributed by atoms with Crippen molar-refractivity contribution in [3.8, 4) is 16.9 Å². The molecule has 0 aromatic heterocycles. The van der Waals surface area contributed by atoms with E-state index in [0.717, 1.165) is 24.3 Å². The van der Waals surface area contributed by atoms with Crippen molar-refractivity contribution in [3.05, 3.63) is 58.1 Å². The topological polar surface area (TPSA) is 63.4 Å².